The Kier molecular flexibility index (Phi) is 6.76. The molecule has 1 aromatic carbocycles. The zero-order valence-electron chi connectivity index (χ0n) is 16.4. The number of hydrogen-bond acceptors (Lipinski definition) is 7. The van der Waals surface area contributed by atoms with Crippen LogP contribution in [0.5, 0.6) is 0 Å². The van der Waals surface area contributed by atoms with Crippen LogP contribution in [0.3, 0.4) is 0 Å². The first-order chi connectivity index (χ1) is 14.6. The van der Waals surface area contributed by atoms with Crippen molar-refractivity contribution in [2.75, 3.05) is 37.8 Å². The fourth-order valence-electron chi connectivity index (χ4n) is 2.70. The van der Waals surface area contributed by atoms with Crippen LogP contribution in [0, 0.1) is 0 Å². The number of amidine groups is 1. The number of ether oxygens (including phenoxy) is 1. The molecule has 0 saturated carbocycles. The summed E-state index contributed by atoms with van der Waals surface area (Å²) in [4.78, 5) is 39.2. The Morgan fingerprint density at radius 1 is 1.26 bits per heavy atom. The van der Waals surface area contributed by atoms with E-state index in [2.05, 4.69) is 9.71 Å². The van der Waals surface area contributed by atoms with Gasteiger partial charge >= 0.3 is 5.97 Å². The van der Waals surface area contributed by atoms with E-state index < -0.39 is 34.4 Å². The maximum atomic E-state index is 12.2. The molecule has 2 heterocycles. The summed E-state index contributed by atoms with van der Waals surface area (Å²) in [6, 6.07) is 6.68. The van der Waals surface area contributed by atoms with Crippen molar-refractivity contribution in [1.29, 1.82) is 0 Å². The molecule has 0 aromatic heterocycles. The number of para-hydroxylation sites is 1. The molecular weight excluding hydrogens is 448 g/mol. The second-order valence-electron chi connectivity index (χ2n) is 6.70. The van der Waals surface area contributed by atoms with Gasteiger partial charge in [-0.05, 0) is 24.3 Å². The van der Waals surface area contributed by atoms with Gasteiger partial charge in [-0.25, -0.2) is 13.2 Å². The third-order valence-corrected chi connectivity index (χ3v) is 5.83. The Balaban J connectivity index is 1.49. The van der Waals surface area contributed by atoms with Gasteiger partial charge in [-0.15, -0.1) is 4.40 Å². The minimum absolute atomic E-state index is 0.144. The van der Waals surface area contributed by atoms with E-state index in [9.17, 15) is 22.8 Å². The number of nitrogens with zero attached hydrogens (tertiary/aromatic N) is 3. The van der Waals surface area contributed by atoms with Gasteiger partial charge in [-0.3, -0.25) is 9.59 Å². The highest BCUT2D eigenvalue weighted by Crippen LogP contribution is 2.20. The van der Waals surface area contributed by atoms with Crippen LogP contribution in [0.2, 0.25) is 5.02 Å². The van der Waals surface area contributed by atoms with Gasteiger partial charge in [0.15, 0.2) is 6.61 Å². The molecule has 1 N–H and O–H groups in total. The standard InChI is InChI=1S/C19H19ClN4O6S/c1-23(11-17(25)21-15-5-3-2-4-14(15)20)18(26)12-30-19(27)13-6-7-16-22-31(28,29)9-8-24(16)10-13/h2-7,10H,8-9,11-12H2,1H3,(H,21,25). The summed E-state index contributed by atoms with van der Waals surface area (Å²) < 4.78 is 31.7. The highest BCUT2D eigenvalue weighted by molar-refractivity contribution is 7.90. The molecule has 0 spiro atoms. The highest BCUT2D eigenvalue weighted by atomic mass is 35.5. The van der Waals surface area contributed by atoms with Crippen molar-refractivity contribution in [1.82, 2.24) is 9.80 Å². The number of sulfonamides is 1. The predicted molar refractivity (Wildman–Crippen MR) is 114 cm³/mol. The van der Waals surface area contributed by atoms with Crippen LogP contribution in [0.4, 0.5) is 5.69 Å². The number of rotatable bonds is 6. The Labute approximate surface area is 183 Å². The van der Waals surface area contributed by atoms with Crippen molar-refractivity contribution in [3.05, 3.63) is 53.2 Å². The number of carbonyl (C=O) groups is 3. The van der Waals surface area contributed by atoms with Gasteiger partial charge in [0, 0.05) is 19.8 Å². The van der Waals surface area contributed by atoms with Gasteiger partial charge in [0.05, 0.1) is 28.6 Å². The summed E-state index contributed by atoms with van der Waals surface area (Å²) in [5.41, 5.74) is 0.566. The van der Waals surface area contributed by atoms with E-state index in [0.717, 1.165) is 4.90 Å². The van der Waals surface area contributed by atoms with Gasteiger partial charge < -0.3 is 19.9 Å². The lowest BCUT2D eigenvalue weighted by Gasteiger charge is -2.26. The molecule has 2 amide bonds. The minimum atomic E-state index is -3.49. The maximum absolute atomic E-state index is 12.2. The monoisotopic (exact) mass is 466 g/mol. The number of anilines is 1. The van der Waals surface area contributed by atoms with Crippen molar-refractivity contribution in [2.45, 2.75) is 0 Å². The molecule has 2 aliphatic rings. The Hall–Kier alpha value is -3.18. The number of carbonyl (C=O) groups excluding carboxylic acids is 3. The van der Waals surface area contributed by atoms with E-state index >= 15 is 0 Å². The zero-order valence-corrected chi connectivity index (χ0v) is 18.0. The van der Waals surface area contributed by atoms with Crippen LogP contribution in [-0.2, 0) is 29.1 Å². The number of amides is 2. The first kappa shape index (κ1) is 22.5. The van der Waals surface area contributed by atoms with Crippen molar-refractivity contribution >= 4 is 50.9 Å². The van der Waals surface area contributed by atoms with E-state index in [1.165, 1.54) is 30.3 Å². The van der Waals surface area contributed by atoms with Crippen LogP contribution in [0.15, 0.2) is 52.6 Å². The van der Waals surface area contributed by atoms with Gasteiger partial charge in [0.2, 0.25) is 5.91 Å². The first-order valence-corrected chi connectivity index (χ1v) is 11.1. The van der Waals surface area contributed by atoms with E-state index in [1.54, 1.807) is 24.3 Å². The van der Waals surface area contributed by atoms with E-state index in [-0.39, 0.29) is 30.3 Å². The fraction of sp³-hybridized carbons (Fsp3) is 0.263. The molecule has 0 aliphatic carbocycles. The van der Waals surface area contributed by atoms with E-state index in [0.29, 0.717) is 10.7 Å². The predicted octanol–water partition coefficient (Wildman–Crippen LogP) is 0.778. The van der Waals surface area contributed by atoms with E-state index in [4.69, 9.17) is 16.3 Å². The molecule has 0 atom stereocenters. The number of esters is 1. The van der Waals surface area contributed by atoms with Crippen molar-refractivity contribution in [3.63, 3.8) is 0 Å². The average molecular weight is 467 g/mol. The Morgan fingerprint density at radius 2 is 2.00 bits per heavy atom. The molecule has 1 aromatic rings. The fourth-order valence-corrected chi connectivity index (χ4v) is 3.85. The summed E-state index contributed by atoms with van der Waals surface area (Å²) in [6.45, 7) is -0.661. The molecule has 3 rings (SSSR count). The summed E-state index contributed by atoms with van der Waals surface area (Å²) in [5, 5.41) is 2.96. The molecule has 0 saturated heterocycles. The number of halogens is 1. The topological polar surface area (TPSA) is 125 Å². The lowest BCUT2D eigenvalue weighted by atomic mass is 10.2. The summed E-state index contributed by atoms with van der Waals surface area (Å²) in [5.74, 6) is -1.74. The lowest BCUT2D eigenvalue weighted by molar-refractivity contribution is -0.148. The van der Waals surface area contributed by atoms with Crippen LogP contribution in [0.25, 0.3) is 0 Å². The first-order valence-electron chi connectivity index (χ1n) is 9.09. The summed E-state index contributed by atoms with van der Waals surface area (Å²) in [7, 11) is -2.09. The van der Waals surface area contributed by atoms with Crippen LogP contribution in [0.1, 0.15) is 0 Å². The molecule has 31 heavy (non-hydrogen) atoms. The van der Waals surface area contributed by atoms with Crippen LogP contribution >= 0.6 is 11.6 Å². The Morgan fingerprint density at radius 3 is 2.74 bits per heavy atom. The number of benzene rings is 1. The molecule has 164 valence electrons. The molecular formula is C19H19ClN4O6S. The van der Waals surface area contributed by atoms with E-state index in [1.807, 2.05) is 0 Å². The number of nitrogens with one attached hydrogen (secondary N) is 1. The molecule has 0 fully saturated rings. The molecule has 0 radical (unpaired) electrons. The molecule has 0 bridgehead atoms. The SMILES string of the molecule is CN(CC(=O)Nc1ccccc1Cl)C(=O)COC(=O)C1=CN2CCS(=O)(=O)N=C2C=C1. The van der Waals surface area contributed by atoms with Crippen molar-refractivity contribution in [3.8, 4) is 0 Å². The van der Waals surface area contributed by atoms with Crippen LogP contribution < -0.4 is 5.32 Å². The molecule has 2 aliphatic heterocycles. The largest absolute Gasteiger partial charge is 0.452 e. The lowest BCUT2D eigenvalue weighted by Crippen LogP contribution is -2.38. The molecule has 0 unspecified atom stereocenters. The number of likely N-dealkylation sites (N-methyl/N-ethyl adjacent to an activating group) is 1. The van der Waals surface area contributed by atoms with Gasteiger partial charge in [-0.2, -0.15) is 0 Å². The normalized spacial score (nSPS) is 16.5. The quantitative estimate of drug-likeness (QED) is 0.614. The smallest absolute Gasteiger partial charge is 0.340 e. The van der Waals surface area contributed by atoms with Crippen molar-refractivity contribution in [2.24, 2.45) is 4.40 Å². The summed E-state index contributed by atoms with van der Waals surface area (Å²) >= 11 is 5.98. The average Bonchev–Trinajstić information content (AvgIpc) is 2.72. The minimum Gasteiger partial charge on any atom is -0.452 e. The zero-order chi connectivity index (χ0) is 22.6. The number of fused-ring (bicyclic) bond motifs is 1. The van der Waals surface area contributed by atoms with Gasteiger partial charge in [0.25, 0.3) is 15.9 Å². The van der Waals surface area contributed by atoms with Crippen LogP contribution in [-0.4, -0.2) is 74.3 Å². The second kappa shape index (κ2) is 9.31. The molecule has 10 nitrogen and oxygen atoms in total. The number of hydrogen-bond donors (Lipinski definition) is 1. The third kappa shape index (κ3) is 5.92. The molecule has 12 heteroatoms. The van der Waals surface area contributed by atoms with Crippen molar-refractivity contribution < 1.29 is 27.5 Å². The highest BCUT2D eigenvalue weighted by Gasteiger charge is 2.26. The maximum Gasteiger partial charge on any atom is 0.340 e. The third-order valence-electron chi connectivity index (χ3n) is 4.34. The Bertz CT molecular complexity index is 1110. The summed E-state index contributed by atoms with van der Waals surface area (Å²) in [6.07, 6.45) is 4.17. The second-order valence-corrected chi connectivity index (χ2v) is 8.86. The van der Waals surface area contributed by atoms with Gasteiger partial charge in [0.1, 0.15) is 5.84 Å². The van der Waals surface area contributed by atoms with Gasteiger partial charge in [-0.1, -0.05) is 23.7 Å².